The van der Waals surface area contributed by atoms with Gasteiger partial charge in [-0.3, -0.25) is 0 Å². The number of fused-ring (bicyclic) bond motifs is 2. The third-order valence-electron chi connectivity index (χ3n) is 3.90. The molecule has 1 N–H and O–H groups in total. The highest BCUT2D eigenvalue weighted by Gasteiger charge is 2.35. The van der Waals surface area contributed by atoms with Crippen molar-refractivity contribution in [3.63, 3.8) is 0 Å². The summed E-state index contributed by atoms with van der Waals surface area (Å²) in [4.78, 5) is 0. The molecule has 17 heavy (non-hydrogen) atoms. The van der Waals surface area contributed by atoms with Crippen molar-refractivity contribution in [1.82, 2.24) is 0 Å². The van der Waals surface area contributed by atoms with Gasteiger partial charge in [-0.1, -0.05) is 12.2 Å². The van der Waals surface area contributed by atoms with Gasteiger partial charge in [0, 0.05) is 12.2 Å². The summed E-state index contributed by atoms with van der Waals surface area (Å²) < 4.78 is 13.9. The molecular formula is C14H15BrFN. The standard InChI is InChI=1S/C14H15BrFN/c15-13-4-3-12(7-14(13)16)17-8-11-6-9-1-2-10(11)5-9/h1-4,7,9-11,17H,5-6,8H2. The smallest absolute Gasteiger partial charge is 0.139 e. The fourth-order valence-electron chi connectivity index (χ4n) is 2.98. The average Bonchev–Trinajstić information content (AvgIpc) is 2.92. The molecule has 1 aromatic rings. The molecule has 3 atom stereocenters. The highest BCUT2D eigenvalue weighted by atomic mass is 79.9. The molecule has 1 nitrogen and oxygen atoms in total. The molecule has 0 spiro atoms. The fraction of sp³-hybridized carbons (Fsp3) is 0.429. The van der Waals surface area contributed by atoms with Crippen LogP contribution in [0.25, 0.3) is 0 Å². The van der Waals surface area contributed by atoms with E-state index in [0.717, 1.165) is 30.0 Å². The summed E-state index contributed by atoms with van der Waals surface area (Å²) in [7, 11) is 0. The van der Waals surface area contributed by atoms with Crippen molar-refractivity contribution in [1.29, 1.82) is 0 Å². The molecule has 3 heteroatoms. The largest absolute Gasteiger partial charge is 0.385 e. The highest BCUT2D eigenvalue weighted by molar-refractivity contribution is 9.10. The minimum absolute atomic E-state index is 0.206. The quantitative estimate of drug-likeness (QED) is 0.824. The van der Waals surface area contributed by atoms with Crippen molar-refractivity contribution in [2.24, 2.45) is 17.8 Å². The van der Waals surface area contributed by atoms with Crippen molar-refractivity contribution in [3.8, 4) is 0 Å². The summed E-state index contributed by atoms with van der Waals surface area (Å²) in [5, 5.41) is 3.34. The number of benzene rings is 1. The lowest BCUT2D eigenvalue weighted by Gasteiger charge is -2.19. The zero-order chi connectivity index (χ0) is 11.8. The molecule has 2 aliphatic rings. The van der Waals surface area contributed by atoms with Crippen LogP contribution in [0.15, 0.2) is 34.8 Å². The number of anilines is 1. The van der Waals surface area contributed by atoms with Gasteiger partial charge in [0.1, 0.15) is 5.82 Å². The number of halogens is 2. The Morgan fingerprint density at radius 1 is 1.29 bits per heavy atom. The molecule has 0 heterocycles. The summed E-state index contributed by atoms with van der Waals surface area (Å²) >= 11 is 3.16. The average molecular weight is 296 g/mol. The zero-order valence-corrected chi connectivity index (χ0v) is 11.1. The van der Waals surface area contributed by atoms with Crippen molar-refractivity contribution < 1.29 is 4.39 Å². The number of allylic oxidation sites excluding steroid dienone is 2. The molecule has 0 aromatic heterocycles. The van der Waals surface area contributed by atoms with E-state index >= 15 is 0 Å². The molecule has 1 fully saturated rings. The molecule has 1 aromatic carbocycles. The molecule has 0 amide bonds. The van der Waals surface area contributed by atoms with Crippen LogP contribution >= 0.6 is 15.9 Å². The van der Waals surface area contributed by atoms with Gasteiger partial charge in [0.25, 0.3) is 0 Å². The lowest BCUT2D eigenvalue weighted by atomic mass is 9.93. The van der Waals surface area contributed by atoms with E-state index in [1.165, 1.54) is 12.8 Å². The summed E-state index contributed by atoms with van der Waals surface area (Å²) in [6.45, 7) is 0.951. The van der Waals surface area contributed by atoms with Crippen LogP contribution in [0, 0.1) is 23.6 Å². The minimum Gasteiger partial charge on any atom is -0.385 e. The summed E-state index contributed by atoms with van der Waals surface area (Å²) in [5.74, 6) is 2.06. The van der Waals surface area contributed by atoms with Crippen LogP contribution in [0.5, 0.6) is 0 Å². The minimum atomic E-state index is -0.206. The predicted molar refractivity (Wildman–Crippen MR) is 71.4 cm³/mol. The van der Waals surface area contributed by atoms with Crippen LogP contribution in [0.1, 0.15) is 12.8 Å². The Morgan fingerprint density at radius 3 is 2.82 bits per heavy atom. The Balaban J connectivity index is 1.61. The van der Waals surface area contributed by atoms with Gasteiger partial charge in [0.2, 0.25) is 0 Å². The zero-order valence-electron chi connectivity index (χ0n) is 9.50. The molecular weight excluding hydrogens is 281 g/mol. The summed E-state index contributed by atoms with van der Waals surface area (Å²) in [6, 6.07) is 5.21. The van der Waals surface area contributed by atoms with Gasteiger partial charge < -0.3 is 5.32 Å². The first-order valence-corrected chi connectivity index (χ1v) is 6.89. The van der Waals surface area contributed by atoms with Crippen molar-refractivity contribution in [2.75, 3.05) is 11.9 Å². The summed E-state index contributed by atoms with van der Waals surface area (Å²) in [5.41, 5.74) is 0.873. The molecule has 2 aliphatic carbocycles. The highest BCUT2D eigenvalue weighted by Crippen LogP contribution is 2.43. The molecule has 2 bridgehead atoms. The van der Waals surface area contributed by atoms with E-state index < -0.39 is 0 Å². The maximum Gasteiger partial charge on any atom is 0.139 e. The van der Waals surface area contributed by atoms with Crippen molar-refractivity contribution >= 4 is 21.6 Å². The Morgan fingerprint density at radius 2 is 2.18 bits per heavy atom. The van der Waals surface area contributed by atoms with E-state index in [2.05, 4.69) is 33.4 Å². The second-order valence-electron chi connectivity index (χ2n) is 5.05. The van der Waals surface area contributed by atoms with Crippen molar-refractivity contribution in [3.05, 3.63) is 40.6 Å². The van der Waals surface area contributed by atoms with E-state index in [0.29, 0.717) is 4.47 Å². The lowest BCUT2D eigenvalue weighted by Crippen LogP contribution is -2.18. The van der Waals surface area contributed by atoms with E-state index in [9.17, 15) is 4.39 Å². The Labute approximate surface area is 109 Å². The van der Waals surface area contributed by atoms with Crippen LogP contribution < -0.4 is 5.32 Å². The molecule has 90 valence electrons. The van der Waals surface area contributed by atoms with Gasteiger partial charge in [-0.15, -0.1) is 0 Å². The monoisotopic (exact) mass is 295 g/mol. The first-order chi connectivity index (χ1) is 8.22. The fourth-order valence-corrected chi connectivity index (χ4v) is 3.23. The molecule has 3 unspecified atom stereocenters. The van der Waals surface area contributed by atoms with Crippen LogP contribution in [0.4, 0.5) is 10.1 Å². The van der Waals surface area contributed by atoms with Gasteiger partial charge in [-0.05, 0) is 64.7 Å². The number of nitrogens with one attached hydrogen (secondary N) is 1. The Kier molecular flexibility index (Phi) is 2.95. The number of rotatable bonds is 3. The van der Waals surface area contributed by atoms with Crippen LogP contribution in [0.3, 0.4) is 0 Å². The molecule has 0 radical (unpaired) electrons. The second-order valence-corrected chi connectivity index (χ2v) is 5.90. The molecule has 0 saturated heterocycles. The first kappa shape index (κ1) is 11.3. The van der Waals surface area contributed by atoms with Gasteiger partial charge in [0.05, 0.1) is 4.47 Å². The lowest BCUT2D eigenvalue weighted by molar-refractivity contribution is 0.472. The number of hydrogen-bond acceptors (Lipinski definition) is 1. The van der Waals surface area contributed by atoms with Crippen LogP contribution in [-0.2, 0) is 0 Å². The third kappa shape index (κ3) is 2.25. The third-order valence-corrected chi connectivity index (χ3v) is 4.55. The maximum absolute atomic E-state index is 13.3. The van der Waals surface area contributed by atoms with Gasteiger partial charge >= 0.3 is 0 Å². The maximum atomic E-state index is 13.3. The van der Waals surface area contributed by atoms with Crippen molar-refractivity contribution in [2.45, 2.75) is 12.8 Å². The topological polar surface area (TPSA) is 12.0 Å². The first-order valence-electron chi connectivity index (χ1n) is 6.09. The SMILES string of the molecule is Fc1cc(NCC2CC3C=CC2C3)ccc1Br. The summed E-state index contributed by atoms with van der Waals surface area (Å²) in [6.07, 6.45) is 7.30. The number of hydrogen-bond donors (Lipinski definition) is 1. The predicted octanol–water partition coefficient (Wildman–Crippen LogP) is 4.21. The van der Waals surface area contributed by atoms with E-state index in [-0.39, 0.29) is 5.82 Å². The second kappa shape index (κ2) is 4.45. The molecule has 1 saturated carbocycles. The van der Waals surface area contributed by atoms with Crippen LogP contribution in [0.2, 0.25) is 0 Å². The Hall–Kier alpha value is -0.830. The van der Waals surface area contributed by atoms with Crippen LogP contribution in [-0.4, -0.2) is 6.54 Å². The van der Waals surface area contributed by atoms with E-state index in [1.54, 1.807) is 12.1 Å². The molecule has 0 aliphatic heterocycles. The van der Waals surface area contributed by atoms with Gasteiger partial charge in [0.15, 0.2) is 0 Å². The Bertz CT molecular complexity index is 458. The molecule has 3 rings (SSSR count). The van der Waals surface area contributed by atoms with E-state index in [4.69, 9.17) is 0 Å². The van der Waals surface area contributed by atoms with E-state index in [1.807, 2.05) is 6.07 Å². The normalized spacial score (nSPS) is 29.9. The van der Waals surface area contributed by atoms with Gasteiger partial charge in [-0.25, -0.2) is 4.39 Å². The van der Waals surface area contributed by atoms with Gasteiger partial charge in [-0.2, -0.15) is 0 Å².